The van der Waals surface area contributed by atoms with Crippen molar-refractivity contribution in [2.24, 2.45) is 0 Å². The van der Waals surface area contributed by atoms with Crippen molar-refractivity contribution < 1.29 is 4.79 Å². The van der Waals surface area contributed by atoms with E-state index in [2.05, 4.69) is 20.2 Å². The van der Waals surface area contributed by atoms with Crippen LogP contribution in [0, 0.1) is 0 Å². The Morgan fingerprint density at radius 3 is 2.58 bits per heavy atom. The highest BCUT2D eigenvalue weighted by atomic mass is 16.1. The quantitative estimate of drug-likeness (QED) is 0.914. The predicted molar refractivity (Wildman–Crippen MR) is 96.6 cm³/mol. The van der Waals surface area contributed by atoms with Crippen molar-refractivity contribution in [1.82, 2.24) is 9.97 Å². The molecule has 1 saturated heterocycles. The lowest BCUT2D eigenvalue weighted by atomic mass is 10.1. The zero-order chi connectivity index (χ0) is 16.9. The molecule has 1 fully saturated rings. The highest BCUT2D eigenvalue weighted by Crippen LogP contribution is 2.25. The Hall–Kier alpha value is -2.63. The molecule has 1 aromatic carbocycles. The second kappa shape index (κ2) is 7.29. The molecule has 0 unspecified atom stereocenters. The van der Waals surface area contributed by atoms with E-state index in [1.54, 1.807) is 6.20 Å². The number of amides is 1. The van der Waals surface area contributed by atoms with Crippen molar-refractivity contribution in [1.29, 1.82) is 0 Å². The van der Waals surface area contributed by atoms with Crippen molar-refractivity contribution >= 4 is 23.4 Å². The van der Waals surface area contributed by atoms with E-state index < -0.39 is 0 Å². The number of nitrogens with zero attached hydrogens (tertiary/aromatic N) is 4. The van der Waals surface area contributed by atoms with Crippen molar-refractivity contribution in [3.8, 4) is 0 Å². The van der Waals surface area contributed by atoms with Crippen LogP contribution in [0.15, 0.2) is 36.5 Å². The maximum Gasteiger partial charge on any atom is 0.228 e. The van der Waals surface area contributed by atoms with E-state index in [1.165, 1.54) is 12.8 Å². The van der Waals surface area contributed by atoms with E-state index in [9.17, 15) is 4.79 Å². The minimum atomic E-state index is -0.0678. The fourth-order valence-corrected chi connectivity index (χ4v) is 2.84. The Bertz CT molecular complexity index is 696. The topological polar surface area (TPSA) is 61.4 Å². The summed E-state index contributed by atoms with van der Waals surface area (Å²) in [5.74, 6) is 1.40. The Morgan fingerprint density at radius 2 is 1.92 bits per heavy atom. The van der Waals surface area contributed by atoms with E-state index in [0.29, 0.717) is 12.1 Å². The molecule has 0 saturated carbocycles. The number of anilines is 3. The second-order valence-electron chi connectivity index (χ2n) is 6.21. The number of rotatable bonds is 5. The van der Waals surface area contributed by atoms with Gasteiger partial charge in [-0.1, -0.05) is 30.3 Å². The maximum absolute atomic E-state index is 12.3. The van der Waals surface area contributed by atoms with Crippen molar-refractivity contribution in [2.75, 3.05) is 42.3 Å². The molecule has 0 radical (unpaired) electrons. The molecule has 1 N–H and O–H groups in total. The molecule has 126 valence electrons. The Labute approximate surface area is 142 Å². The summed E-state index contributed by atoms with van der Waals surface area (Å²) in [4.78, 5) is 25.5. The van der Waals surface area contributed by atoms with E-state index in [0.717, 1.165) is 30.4 Å². The van der Waals surface area contributed by atoms with Gasteiger partial charge in [0.05, 0.1) is 12.6 Å². The van der Waals surface area contributed by atoms with Gasteiger partial charge < -0.3 is 15.1 Å². The van der Waals surface area contributed by atoms with Gasteiger partial charge in [0.1, 0.15) is 5.69 Å². The first-order valence-corrected chi connectivity index (χ1v) is 8.26. The summed E-state index contributed by atoms with van der Waals surface area (Å²) in [6.45, 7) is 1.99. The summed E-state index contributed by atoms with van der Waals surface area (Å²) in [5.41, 5.74) is 1.62. The zero-order valence-electron chi connectivity index (χ0n) is 14.2. The second-order valence-corrected chi connectivity index (χ2v) is 6.21. The molecule has 0 spiro atoms. The molecular weight excluding hydrogens is 302 g/mol. The van der Waals surface area contributed by atoms with Gasteiger partial charge >= 0.3 is 0 Å². The number of benzene rings is 1. The average Bonchev–Trinajstić information content (AvgIpc) is 3.10. The molecule has 0 bridgehead atoms. The average molecular weight is 325 g/mol. The van der Waals surface area contributed by atoms with Gasteiger partial charge in [-0.05, 0) is 18.4 Å². The SMILES string of the molecule is CN(C)c1nc(N2CCCC2)ncc1NC(=O)Cc1ccccc1. The maximum atomic E-state index is 12.3. The van der Waals surface area contributed by atoms with E-state index >= 15 is 0 Å². The van der Waals surface area contributed by atoms with Crippen LogP contribution >= 0.6 is 0 Å². The summed E-state index contributed by atoms with van der Waals surface area (Å²) in [6, 6.07) is 9.69. The first kappa shape index (κ1) is 16.2. The Morgan fingerprint density at radius 1 is 1.21 bits per heavy atom. The zero-order valence-corrected chi connectivity index (χ0v) is 14.2. The van der Waals surface area contributed by atoms with Gasteiger partial charge in [0.25, 0.3) is 0 Å². The molecule has 24 heavy (non-hydrogen) atoms. The van der Waals surface area contributed by atoms with Crippen LogP contribution < -0.4 is 15.1 Å². The lowest BCUT2D eigenvalue weighted by Crippen LogP contribution is -2.24. The van der Waals surface area contributed by atoms with Crippen molar-refractivity contribution in [3.05, 3.63) is 42.1 Å². The van der Waals surface area contributed by atoms with Crippen molar-refractivity contribution in [2.45, 2.75) is 19.3 Å². The minimum absolute atomic E-state index is 0.0678. The van der Waals surface area contributed by atoms with Gasteiger partial charge in [0, 0.05) is 27.2 Å². The van der Waals surface area contributed by atoms with Crippen LogP contribution in [-0.2, 0) is 11.2 Å². The number of nitrogens with one attached hydrogen (secondary N) is 1. The van der Waals surface area contributed by atoms with Crippen LogP contribution in [0.4, 0.5) is 17.5 Å². The lowest BCUT2D eigenvalue weighted by Gasteiger charge is -2.21. The van der Waals surface area contributed by atoms with Gasteiger partial charge in [0.2, 0.25) is 11.9 Å². The molecule has 1 aliphatic rings. The van der Waals surface area contributed by atoms with Gasteiger partial charge in [0.15, 0.2) is 5.82 Å². The smallest absolute Gasteiger partial charge is 0.228 e. The third-order valence-corrected chi connectivity index (χ3v) is 4.05. The summed E-state index contributed by atoms with van der Waals surface area (Å²) in [7, 11) is 3.84. The summed E-state index contributed by atoms with van der Waals surface area (Å²) in [6.07, 6.45) is 4.40. The normalized spacial score (nSPS) is 13.8. The molecule has 1 aliphatic heterocycles. The van der Waals surface area contributed by atoms with Crippen LogP contribution in [0.2, 0.25) is 0 Å². The highest BCUT2D eigenvalue weighted by Gasteiger charge is 2.18. The highest BCUT2D eigenvalue weighted by molar-refractivity contribution is 5.94. The van der Waals surface area contributed by atoms with Crippen LogP contribution in [0.25, 0.3) is 0 Å². The number of carbonyl (C=O) groups is 1. The Balaban J connectivity index is 1.75. The van der Waals surface area contributed by atoms with Crippen molar-refractivity contribution in [3.63, 3.8) is 0 Å². The fourth-order valence-electron chi connectivity index (χ4n) is 2.84. The third kappa shape index (κ3) is 3.82. The van der Waals surface area contributed by atoms with Crippen LogP contribution in [-0.4, -0.2) is 43.1 Å². The number of hydrogen-bond donors (Lipinski definition) is 1. The summed E-state index contributed by atoms with van der Waals surface area (Å²) < 4.78 is 0. The monoisotopic (exact) mass is 325 g/mol. The standard InChI is InChI=1S/C18H23N5O/c1-22(2)17-15(13-19-18(21-17)23-10-6-7-11-23)20-16(24)12-14-8-4-3-5-9-14/h3-5,8-9,13H,6-7,10-12H2,1-2H3,(H,20,24). The Kier molecular flexibility index (Phi) is 4.93. The van der Waals surface area contributed by atoms with Gasteiger partial charge in [-0.15, -0.1) is 0 Å². The molecule has 1 aromatic heterocycles. The molecule has 1 amide bonds. The van der Waals surface area contributed by atoms with E-state index in [4.69, 9.17) is 0 Å². The molecular formula is C18H23N5O. The predicted octanol–water partition coefficient (Wildman–Crippen LogP) is 2.32. The fraction of sp³-hybridized carbons (Fsp3) is 0.389. The van der Waals surface area contributed by atoms with Gasteiger partial charge in [-0.2, -0.15) is 4.98 Å². The van der Waals surface area contributed by atoms with E-state index in [-0.39, 0.29) is 5.91 Å². The third-order valence-electron chi connectivity index (χ3n) is 4.05. The van der Waals surface area contributed by atoms with Gasteiger partial charge in [-0.25, -0.2) is 4.98 Å². The molecule has 0 atom stereocenters. The lowest BCUT2D eigenvalue weighted by molar-refractivity contribution is -0.115. The first-order chi connectivity index (χ1) is 11.6. The molecule has 3 rings (SSSR count). The first-order valence-electron chi connectivity index (χ1n) is 8.26. The molecule has 0 aliphatic carbocycles. The van der Waals surface area contributed by atoms with Gasteiger partial charge in [-0.3, -0.25) is 4.79 Å². The molecule has 2 heterocycles. The number of carbonyl (C=O) groups excluding carboxylic acids is 1. The minimum Gasteiger partial charge on any atom is -0.361 e. The number of aromatic nitrogens is 2. The summed E-state index contributed by atoms with van der Waals surface area (Å²) >= 11 is 0. The molecule has 6 heteroatoms. The largest absolute Gasteiger partial charge is 0.361 e. The number of hydrogen-bond acceptors (Lipinski definition) is 5. The summed E-state index contributed by atoms with van der Waals surface area (Å²) in [5, 5.41) is 2.93. The van der Waals surface area contributed by atoms with Crippen LogP contribution in [0.3, 0.4) is 0 Å². The van der Waals surface area contributed by atoms with Crippen LogP contribution in [0.5, 0.6) is 0 Å². The molecule has 6 nitrogen and oxygen atoms in total. The molecule has 2 aromatic rings. The van der Waals surface area contributed by atoms with Crippen LogP contribution in [0.1, 0.15) is 18.4 Å². The van der Waals surface area contributed by atoms with E-state index in [1.807, 2.05) is 49.3 Å².